The molecule has 116 valence electrons. The molecule has 2 N–H and O–H groups in total. The van der Waals surface area contributed by atoms with Crippen LogP contribution in [0, 0.1) is 11.7 Å². The van der Waals surface area contributed by atoms with Crippen molar-refractivity contribution in [1.29, 1.82) is 0 Å². The summed E-state index contributed by atoms with van der Waals surface area (Å²) in [5, 5.41) is 11.6. The van der Waals surface area contributed by atoms with Gasteiger partial charge in [0.25, 0.3) is 5.91 Å². The van der Waals surface area contributed by atoms with Crippen molar-refractivity contribution in [3.63, 3.8) is 0 Å². The van der Waals surface area contributed by atoms with E-state index < -0.39 is 23.7 Å². The van der Waals surface area contributed by atoms with Gasteiger partial charge in [-0.15, -0.1) is 0 Å². The zero-order valence-corrected chi connectivity index (χ0v) is 12.2. The van der Waals surface area contributed by atoms with Gasteiger partial charge in [-0.2, -0.15) is 0 Å². The van der Waals surface area contributed by atoms with E-state index in [2.05, 4.69) is 15.3 Å². The first kappa shape index (κ1) is 15.8. The standard InChI is InChI=1S/C15H16FN3O3/c1-8(2)5-12(15(21)22)19-14(20)10-6-9(16)7-11-13(10)18-4-3-17-11/h3-4,6-8,12H,5H2,1-2H3,(H,19,20)(H,21,22)/t12-/m1/s1. The van der Waals surface area contributed by atoms with Crippen molar-refractivity contribution in [2.24, 2.45) is 5.92 Å². The molecule has 2 rings (SSSR count). The van der Waals surface area contributed by atoms with Crippen LogP contribution in [0.5, 0.6) is 0 Å². The monoisotopic (exact) mass is 305 g/mol. The van der Waals surface area contributed by atoms with Gasteiger partial charge in [0.1, 0.15) is 17.4 Å². The Morgan fingerprint density at radius 3 is 2.59 bits per heavy atom. The number of hydrogen-bond donors (Lipinski definition) is 2. The number of rotatable bonds is 5. The van der Waals surface area contributed by atoms with Crippen LogP contribution in [0.25, 0.3) is 11.0 Å². The van der Waals surface area contributed by atoms with Crippen molar-refractivity contribution >= 4 is 22.9 Å². The van der Waals surface area contributed by atoms with Crippen LogP contribution in [0.1, 0.15) is 30.6 Å². The Balaban J connectivity index is 2.35. The highest BCUT2D eigenvalue weighted by molar-refractivity contribution is 6.05. The predicted octanol–water partition coefficient (Wildman–Crippen LogP) is 2.00. The summed E-state index contributed by atoms with van der Waals surface area (Å²) < 4.78 is 13.6. The van der Waals surface area contributed by atoms with Crippen LogP contribution in [-0.4, -0.2) is 33.0 Å². The second kappa shape index (κ2) is 6.46. The largest absolute Gasteiger partial charge is 0.480 e. The van der Waals surface area contributed by atoms with Crippen molar-refractivity contribution in [1.82, 2.24) is 15.3 Å². The fourth-order valence-corrected chi connectivity index (χ4v) is 2.14. The minimum atomic E-state index is -1.13. The first-order valence-electron chi connectivity index (χ1n) is 6.82. The first-order valence-corrected chi connectivity index (χ1v) is 6.82. The number of carboxylic acid groups (broad SMARTS) is 1. The molecule has 0 unspecified atom stereocenters. The molecule has 0 aliphatic rings. The average molecular weight is 305 g/mol. The topological polar surface area (TPSA) is 92.2 Å². The van der Waals surface area contributed by atoms with Crippen molar-refractivity contribution in [3.8, 4) is 0 Å². The number of halogens is 1. The molecule has 0 spiro atoms. The number of hydrogen-bond acceptors (Lipinski definition) is 4. The van der Waals surface area contributed by atoms with Gasteiger partial charge < -0.3 is 10.4 Å². The van der Waals surface area contributed by atoms with E-state index in [9.17, 15) is 14.0 Å². The zero-order valence-electron chi connectivity index (χ0n) is 12.2. The Hall–Kier alpha value is -2.57. The summed E-state index contributed by atoms with van der Waals surface area (Å²) in [6.07, 6.45) is 3.06. The van der Waals surface area contributed by atoms with Gasteiger partial charge in [0.05, 0.1) is 11.1 Å². The average Bonchev–Trinajstić information content (AvgIpc) is 2.44. The highest BCUT2D eigenvalue weighted by Crippen LogP contribution is 2.17. The second-order valence-electron chi connectivity index (χ2n) is 5.37. The molecule has 0 saturated heterocycles. The minimum Gasteiger partial charge on any atom is -0.480 e. The minimum absolute atomic E-state index is 0.0295. The summed E-state index contributed by atoms with van der Waals surface area (Å²) in [5.74, 6) is -2.36. The molecule has 0 fully saturated rings. The Morgan fingerprint density at radius 2 is 1.95 bits per heavy atom. The van der Waals surface area contributed by atoms with Gasteiger partial charge in [-0.25, -0.2) is 9.18 Å². The number of fused-ring (bicyclic) bond motifs is 1. The molecule has 6 nitrogen and oxygen atoms in total. The molecule has 0 saturated carbocycles. The van der Waals surface area contributed by atoms with Gasteiger partial charge >= 0.3 is 5.97 Å². The van der Waals surface area contributed by atoms with E-state index in [0.29, 0.717) is 0 Å². The van der Waals surface area contributed by atoms with Gasteiger partial charge in [-0.05, 0) is 18.4 Å². The zero-order chi connectivity index (χ0) is 16.3. The summed E-state index contributed by atoms with van der Waals surface area (Å²) in [5.41, 5.74) is 0.441. The summed E-state index contributed by atoms with van der Waals surface area (Å²) in [4.78, 5) is 31.5. The quantitative estimate of drug-likeness (QED) is 0.881. The van der Waals surface area contributed by atoms with Crippen molar-refractivity contribution in [2.45, 2.75) is 26.3 Å². The Kier molecular flexibility index (Phi) is 4.65. The summed E-state index contributed by atoms with van der Waals surface area (Å²) in [6, 6.07) is 1.16. The van der Waals surface area contributed by atoms with Crippen LogP contribution in [-0.2, 0) is 4.79 Å². The molecule has 2 aromatic rings. The lowest BCUT2D eigenvalue weighted by molar-refractivity contribution is -0.139. The third kappa shape index (κ3) is 3.55. The number of nitrogens with zero attached hydrogens (tertiary/aromatic N) is 2. The molecule has 0 bridgehead atoms. The van der Waals surface area contributed by atoms with Crippen LogP contribution in [0.4, 0.5) is 4.39 Å². The van der Waals surface area contributed by atoms with E-state index in [1.165, 1.54) is 18.5 Å². The van der Waals surface area contributed by atoms with Crippen LogP contribution >= 0.6 is 0 Å². The predicted molar refractivity (Wildman–Crippen MR) is 77.8 cm³/mol. The highest BCUT2D eigenvalue weighted by atomic mass is 19.1. The lowest BCUT2D eigenvalue weighted by Crippen LogP contribution is -2.41. The Morgan fingerprint density at radius 1 is 1.27 bits per heavy atom. The van der Waals surface area contributed by atoms with Crippen LogP contribution < -0.4 is 5.32 Å². The van der Waals surface area contributed by atoms with Gasteiger partial charge in [0, 0.05) is 18.5 Å². The van der Waals surface area contributed by atoms with E-state index in [1.54, 1.807) is 0 Å². The van der Waals surface area contributed by atoms with E-state index >= 15 is 0 Å². The highest BCUT2D eigenvalue weighted by Gasteiger charge is 2.23. The fourth-order valence-electron chi connectivity index (χ4n) is 2.14. The molecule has 1 aromatic carbocycles. The fraction of sp³-hybridized carbons (Fsp3) is 0.333. The van der Waals surface area contributed by atoms with Crippen molar-refractivity contribution in [3.05, 3.63) is 35.9 Å². The molecule has 1 aromatic heterocycles. The van der Waals surface area contributed by atoms with E-state index in [1.807, 2.05) is 13.8 Å². The molecule has 0 aliphatic heterocycles. The number of carbonyl (C=O) groups excluding carboxylic acids is 1. The Labute approximate surface area is 126 Å². The molecular formula is C15H16FN3O3. The number of amides is 1. The number of carboxylic acids is 1. The number of aliphatic carboxylic acids is 1. The van der Waals surface area contributed by atoms with Crippen molar-refractivity contribution < 1.29 is 19.1 Å². The number of nitrogens with one attached hydrogen (secondary N) is 1. The SMILES string of the molecule is CC(C)C[C@@H](NC(=O)c1cc(F)cc2nccnc12)C(=O)O. The summed E-state index contributed by atoms with van der Waals surface area (Å²) in [7, 11) is 0. The maximum Gasteiger partial charge on any atom is 0.326 e. The lowest BCUT2D eigenvalue weighted by atomic mass is 10.0. The molecule has 1 heterocycles. The summed E-state index contributed by atoms with van der Waals surface area (Å²) in [6.45, 7) is 3.70. The number of aromatic nitrogens is 2. The summed E-state index contributed by atoms with van der Waals surface area (Å²) >= 11 is 0. The van der Waals surface area contributed by atoms with Gasteiger partial charge in [-0.3, -0.25) is 14.8 Å². The van der Waals surface area contributed by atoms with Crippen molar-refractivity contribution in [2.75, 3.05) is 0 Å². The van der Waals surface area contributed by atoms with E-state index in [4.69, 9.17) is 5.11 Å². The maximum atomic E-state index is 13.6. The number of carbonyl (C=O) groups is 2. The molecule has 7 heteroatoms. The van der Waals surface area contributed by atoms with Crippen LogP contribution in [0.3, 0.4) is 0 Å². The normalized spacial score (nSPS) is 12.4. The lowest BCUT2D eigenvalue weighted by Gasteiger charge is -2.16. The van der Waals surface area contributed by atoms with E-state index in [0.717, 1.165) is 6.07 Å². The third-order valence-electron chi connectivity index (χ3n) is 3.09. The number of benzene rings is 1. The van der Waals surface area contributed by atoms with Gasteiger partial charge in [0.15, 0.2) is 0 Å². The smallest absolute Gasteiger partial charge is 0.326 e. The molecular weight excluding hydrogens is 289 g/mol. The molecule has 1 atom stereocenters. The first-order chi connectivity index (χ1) is 10.4. The Bertz CT molecular complexity index is 718. The van der Waals surface area contributed by atoms with Crippen LogP contribution in [0.15, 0.2) is 24.5 Å². The molecule has 22 heavy (non-hydrogen) atoms. The third-order valence-corrected chi connectivity index (χ3v) is 3.09. The van der Waals surface area contributed by atoms with Gasteiger partial charge in [0.2, 0.25) is 0 Å². The molecule has 0 aliphatic carbocycles. The second-order valence-corrected chi connectivity index (χ2v) is 5.37. The maximum absolute atomic E-state index is 13.6. The molecule has 1 amide bonds. The van der Waals surface area contributed by atoms with Gasteiger partial charge in [-0.1, -0.05) is 13.8 Å². The van der Waals surface area contributed by atoms with E-state index in [-0.39, 0.29) is 28.9 Å². The molecule has 0 radical (unpaired) electrons. The van der Waals surface area contributed by atoms with Crippen LogP contribution in [0.2, 0.25) is 0 Å².